The molecule has 2 nitrogen and oxygen atoms in total. The van der Waals surface area contributed by atoms with Gasteiger partial charge >= 0.3 is 0 Å². The molecule has 0 amide bonds. The highest BCUT2D eigenvalue weighted by Gasteiger charge is 2.11. The van der Waals surface area contributed by atoms with E-state index in [9.17, 15) is 0 Å². The number of hydrogen-bond donors (Lipinski definition) is 1. The van der Waals surface area contributed by atoms with Gasteiger partial charge in [0.2, 0.25) is 0 Å². The molecule has 0 aliphatic heterocycles. The molecule has 2 heteroatoms. The van der Waals surface area contributed by atoms with Gasteiger partial charge in [-0.15, -0.1) is 5.92 Å². The van der Waals surface area contributed by atoms with Crippen LogP contribution in [0.2, 0.25) is 0 Å². The summed E-state index contributed by atoms with van der Waals surface area (Å²) in [5.41, 5.74) is 7.01. The minimum Gasteiger partial charge on any atom is -0.480 e. The topological polar surface area (TPSA) is 35.2 Å². The Balaban J connectivity index is 2.54. The Hall–Kier alpha value is -1.98. The molecule has 0 aliphatic rings. The van der Waals surface area contributed by atoms with E-state index in [0.29, 0.717) is 6.61 Å². The third-order valence-electron chi connectivity index (χ3n) is 2.87. The second kappa shape index (κ2) is 5.57. The molecular weight excluding hydrogens is 222 g/mol. The van der Waals surface area contributed by atoms with Crippen LogP contribution in [0.25, 0.3) is 10.8 Å². The summed E-state index contributed by atoms with van der Waals surface area (Å²) in [4.78, 5) is 0. The van der Waals surface area contributed by atoms with Gasteiger partial charge in [-0.05, 0) is 19.2 Å². The maximum Gasteiger partial charge on any atom is 0.149 e. The van der Waals surface area contributed by atoms with Crippen molar-refractivity contribution in [2.24, 2.45) is 5.73 Å². The van der Waals surface area contributed by atoms with Crippen LogP contribution < -0.4 is 10.5 Å². The average Bonchev–Trinajstić information content (AvgIpc) is 2.38. The molecule has 0 bridgehead atoms. The van der Waals surface area contributed by atoms with Gasteiger partial charge in [-0.3, -0.25) is 0 Å². The van der Waals surface area contributed by atoms with Gasteiger partial charge in [0.05, 0.1) is 0 Å². The number of fused-ring (bicyclic) bond motifs is 1. The van der Waals surface area contributed by atoms with Crippen LogP contribution in [0.1, 0.15) is 25.5 Å². The van der Waals surface area contributed by atoms with Crippen LogP contribution >= 0.6 is 0 Å². The second-order valence-corrected chi connectivity index (χ2v) is 4.21. The van der Waals surface area contributed by atoms with E-state index in [1.54, 1.807) is 6.92 Å². The summed E-state index contributed by atoms with van der Waals surface area (Å²) in [6, 6.07) is 12.2. The lowest BCUT2D eigenvalue weighted by Crippen LogP contribution is -2.08. The van der Waals surface area contributed by atoms with Crippen molar-refractivity contribution in [3.63, 3.8) is 0 Å². The lowest BCUT2D eigenvalue weighted by molar-refractivity contribution is 0.368. The average molecular weight is 239 g/mol. The molecule has 0 aliphatic carbocycles. The van der Waals surface area contributed by atoms with Crippen LogP contribution in [0, 0.1) is 11.8 Å². The van der Waals surface area contributed by atoms with Crippen molar-refractivity contribution in [3.05, 3.63) is 42.0 Å². The summed E-state index contributed by atoms with van der Waals surface area (Å²) in [7, 11) is 0. The van der Waals surface area contributed by atoms with Gasteiger partial charge in [-0.25, -0.2) is 0 Å². The molecule has 0 saturated heterocycles. The number of ether oxygens (including phenoxy) is 1. The van der Waals surface area contributed by atoms with E-state index in [4.69, 9.17) is 10.5 Å². The van der Waals surface area contributed by atoms with E-state index in [1.807, 2.05) is 25.1 Å². The zero-order valence-corrected chi connectivity index (χ0v) is 10.7. The Kier molecular flexibility index (Phi) is 3.86. The molecule has 1 atom stereocenters. The van der Waals surface area contributed by atoms with Crippen molar-refractivity contribution >= 4 is 10.8 Å². The van der Waals surface area contributed by atoms with E-state index in [-0.39, 0.29) is 6.04 Å². The van der Waals surface area contributed by atoms with Crippen LogP contribution in [-0.4, -0.2) is 6.61 Å². The van der Waals surface area contributed by atoms with Gasteiger partial charge in [0.25, 0.3) is 0 Å². The summed E-state index contributed by atoms with van der Waals surface area (Å²) < 4.78 is 5.80. The summed E-state index contributed by atoms with van der Waals surface area (Å²) >= 11 is 0. The molecule has 0 unspecified atom stereocenters. The van der Waals surface area contributed by atoms with Gasteiger partial charge in [0.1, 0.15) is 12.4 Å². The number of rotatable bonds is 3. The second-order valence-electron chi connectivity index (χ2n) is 4.21. The Morgan fingerprint density at radius 3 is 2.72 bits per heavy atom. The Morgan fingerprint density at radius 2 is 2.00 bits per heavy atom. The van der Waals surface area contributed by atoms with Crippen LogP contribution in [-0.2, 0) is 0 Å². The van der Waals surface area contributed by atoms with Crippen LogP contribution in [0.4, 0.5) is 0 Å². The normalized spacial score (nSPS) is 11.7. The predicted molar refractivity (Wildman–Crippen MR) is 75.5 cm³/mol. The van der Waals surface area contributed by atoms with Crippen molar-refractivity contribution in [2.75, 3.05) is 6.61 Å². The summed E-state index contributed by atoms with van der Waals surface area (Å²) in [6.45, 7) is 4.16. The number of benzene rings is 2. The van der Waals surface area contributed by atoms with Gasteiger partial charge in [-0.2, -0.15) is 0 Å². The van der Waals surface area contributed by atoms with Gasteiger partial charge in [-0.1, -0.05) is 42.3 Å². The molecule has 0 saturated carbocycles. The van der Waals surface area contributed by atoms with Crippen molar-refractivity contribution in [2.45, 2.75) is 19.9 Å². The van der Waals surface area contributed by atoms with Crippen LogP contribution in [0.3, 0.4) is 0 Å². The van der Waals surface area contributed by atoms with Crippen molar-refractivity contribution in [3.8, 4) is 17.6 Å². The fourth-order valence-electron chi connectivity index (χ4n) is 1.96. The lowest BCUT2D eigenvalue weighted by atomic mass is 10.0. The predicted octanol–water partition coefficient (Wildman–Crippen LogP) is 3.26. The van der Waals surface area contributed by atoms with Gasteiger partial charge in [0.15, 0.2) is 0 Å². The third kappa shape index (κ3) is 2.47. The minimum absolute atomic E-state index is 0.0563. The first-order valence-corrected chi connectivity index (χ1v) is 6.03. The molecule has 0 spiro atoms. The monoisotopic (exact) mass is 239 g/mol. The molecule has 0 aromatic heterocycles. The number of nitrogens with two attached hydrogens (primary N) is 1. The molecule has 2 aromatic rings. The summed E-state index contributed by atoms with van der Waals surface area (Å²) in [6.07, 6.45) is 0. The van der Waals surface area contributed by atoms with Crippen LogP contribution in [0.15, 0.2) is 36.4 Å². The molecule has 2 rings (SSSR count). The highest BCUT2D eigenvalue weighted by Crippen LogP contribution is 2.32. The highest BCUT2D eigenvalue weighted by atomic mass is 16.5. The fourth-order valence-corrected chi connectivity index (χ4v) is 1.96. The van der Waals surface area contributed by atoms with E-state index in [1.165, 1.54) is 0 Å². The van der Waals surface area contributed by atoms with E-state index in [2.05, 4.69) is 30.0 Å². The van der Waals surface area contributed by atoms with Crippen LogP contribution in [0.5, 0.6) is 5.75 Å². The zero-order valence-electron chi connectivity index (χ0n) is 10.7. The maximum absolute atomic E-state index is 5.99. The quantitative estimate of drug-likeness (QED) is 0.834. The van der Waals surface area contributed by atoms with Gasteiger partial charge in [0, 0.05) is 17.0 Å². The van der Waals surface area contributed by atoms with E-state index in [0.717, 1.165) is 22.1 Å². The zero-order chi connectivity index (χ0) is 13.0. The fraction of sp³-hybridized carbons (Fsp3) is 0.250. The first-order chi connectivity index (χ1) is 8.74. The molecule has 2 aromatic carbocycles. The molecule has 18 heavy (non-hydrogen) atoms. The maximum atomic E-state index is 5.99. The molecule has 2 N–H and O–H groups in total. The number of hydrogen-bond acceptors (Lipinski definition) is 2. The van der Waals surface area contributed by atoms with E-state index >= 15 is 0 Å². The Labute approximate surface area is 108 Å². The van der Waals surface area contributed by atoms with Crippen molar-refractivity contribution in [1.29, 1.82) is 0 Å². The smallest absolute Gasteiger partial charge is 0.149 e. The Morgan fingerprint density at radius 1 is 1.22 bits per heavy atom. The highest BCUT2D eigenvalue weighted by molar-refractivity contribution is 5.89. The SMILES string of the molecule is CC#CCOc1c([C@@H](C)N)ccc2ccccc12. The first kappa shape index (κ1) is 12.5. The molecular formula is C16H17NO. The molecule has 0 radical (unpaired) electrons. The standard InChI is InChI=1S/C16H17NO/c1-3-4-11-18-16-14(12(2)17)10-9-13-7-5-6-8-15(13)16/h5-10,12H,11,17H2,1-2H3/t12-/m1/s1. The van der Waals surface area contributed by atoms with Crippen molar-refractivity contribution < 1.29 is 4.74 Å². The Bertz CT molecular complexity index is 605. The van der Waals surface area contributed by atoms with Gasteiger partial charge < -0.3 is 10.5 Å². The summed E-state index contributed by atoms with van der Waals surface area (Å²) in [5.74, 6) is 6.60. The lowest BCUT2D eigenvalue weighted by Gasteiger charge is -2.15. The van der Waals surface area contributed by atoms with E-state index < -0.39 is 0 Å². The molecule has 0 fully saturated rings. The minimum atomic E-state index is -0.0563. The molecule has 92 valence electrons. The van der Waals surface area contributed by atoms with Crippen molar-refractivity contribution in [1.82, 2.24) is 0 Å². The third-order valence-corrected chi connectivity index (χ3v) is 2.87. The largest absolute Gasteiger partial charge is 0.480 e. The first-order valence-electron chi connectivity index (χ1n) is 6.03. The molecule has 0 heterocycles. The summed E-state index contributed by atoms with van der Waals surface area (Å²) in [5, 5.41) is 2.24.